The second kappa shape index (κ2) is 4.77. The van der Waals surface area contributed by atoms with Gasteiger partial charge in [-0.2, -0.15) is 5.26 Å². The second-order valence-corrected chi connectivity index (χ2v) is 5.33. The topological polar surface area (TPSA) is 47.9 Å². The van der Waals surface area contributed by atoms with Crippen LogP contribution in [0, 0.1) is 11.3 Å². The number of hydrogen-bond acceptors (Lipinski definition) is 3. The molecule has 3 nitrogen and oxygen atoms in total. The van der Waals surface area contributed by atoms with Crippen LogP contribution in [0.4, 0.5) is 5.69 Å². The van der Waals surface area contributed by atoms with Crippen LogP contribution < -0.4 is 10.6 Å². The number of benzene rings is 1. The highest BCUT2D eigenvalue weighted by molar-refractivity contribution is 5.48. The van der Waals surface area contributed by atoms with Crippen LogP contribution in [0.25, 0.3) is 0 Å². The van der Waals surface area contributed by atoms with Gasteiger partial charge in [0.15, 0.2) is 0 Å². The Balaban J connectivity index is 1.98. The van der Waals surface area contributed by atoms with E-state index in [4.69, 9.17) is 5.26 Å². The molecule has 1 aliphatic rings. The standard InChI is InChI=1S/C14H19N3/c1-14(2)9-13(7-8-16-14)17-12-5-3-11(10-15)4-6-12/h3-6,13,16-17H,7-9H2,1-2H3. The molecule has 0 amide bonds. The third kappa shape index (κ3) is 3.21. The van der Waals surface area contributed by atoms with Crippen molar-refractivity contribution >= 4 is 5.69 Å². The zero-order chi connectivity index (χ0) is 12.3. The minimum absolute atomic E-state index is 0.211. The van der Waals surface area contributed by atoms with Crippen LogP contribution in [0.15, 0.2) is 24.3 Å². The van der Waals surface area contributed by atoms with Crippen molar-refractivity contribution in [3.05, 3.63) is 29.8 Å². The third-order valence-electron chi connectivity index (χ3n) is 3.24. The summed E-state index contributed by atoms with van der Waals surface area (Å²) in [6.45, 7) is 5.53. The SMILES string of the molecule is CC1(C)CC(Nc2ccc(C#N)cc2)CCN1. The van der Waals surface area contributed by atoms with Gasteiger partial charge < -0.3 is 10.6 Å². The number of nitrogens with zero attached hydrogens (tertiary/aromatic N) is 1. The molecule has 1 aromatic carbocycles. The maximum absolute atomic E-state index is 8.74. The van der Waals surface area contributed by atoms with Gasteiger partial charge in [0, 0.05) is 17.3 Å². The zero-order valence-corrected chi connectivity index (χ0v) is 10.5. The smallest absolute Gasteiger partial charge is 0.0991 e. The Bertz CT molecular complexity index is 414. The monoisotopic (exact) mass is 229 g/mol. The summed E-state index contributed by atoms with van der Waals surface area (Å²) in [7, 11) is 0. The van der Waals surface area contributed by atoms with Gasteiger partial charge in [0.25, 0.3) is 0 Å². The van der Waals surface area contributed by atoms with Gasteiger partial charge in [-0.3, -0.25) is 0 Å². The molecule has 17 heavy (non-hydrogen) atoms. The molecular formula is C14H19N3. The Labute approximate surface area is 103 Å². The van der Waals surface area contributed by atoms with Gasteiger partial charge >= 0.3 is 0 Å². The van der Waals surface area contributed by atoms with Crippen molar-refractivity contribution in [3.63, 3.8) is 0 Å². The van der Waals surface area contributed by atoms with E-state index in [1.807, 2.05) is 24.3 Å². The molecule has 1 aromatic rings. The highest BCUT2D eigenvalue weighted by Crippen LogP contribution is 2.22. The molecule has 0 bridgehead atoms. The lowest BCUT2D eigenvalue weighted by molar-refractivity contribution is 0.286. The first-order valence-corrected chi connectivity index (χ1v) is 6.11. The minimum Gasteiger partial charge on any atom is -0.382 e. The molecule has 1 fully saturated rings. The van der Waals surface area contributed by atoms with E-state index in [2.05, 4.69) is 30.6 Å². The van der Waals surface area contributed by atoms with Crippen LogP contribution in [0.1, 0.15) is 32.3 Å². The first kappa shape index (κ1) is 11.9. The molecule has 1 saturated heterocycles. The Morgan fingerprint density at radius 3 is 2.65 bits per heavy atom. The van der Waals surface area contributed by atoms with Crippen molar-refractivity contribution in [3.8, 4) is 6.07 Å². The highest BCUT2D eigenvalue weighted by Gasteiger charge is 2.26. The molecule has 1 atom stereocenters. The molecule has 1 heterocycles. The van der Waals surface area contributed by atoms with E-state index < -0.39 is 0 Å². The molecule has 1 unspecified atom stereocenters. The van der Waals surface area contributed by atoms with Crippen LogP contribution in [0.3, 0.4) is 0 Å². The number of anilines is 1. The molecule has 3 heteroatoms. The summed E-state index contributed by atoms with van der Waals surface area (Å²) in [4.78, 5) is 0. The lowest BCUT2D eigenvalue weighted by Crippen LogP contribution is -2.49. The van der Waals surface area contributed by atoms with Gasteiger partial charge in [0.2, 0.25) is 0 Å². The predicted molar refractivity (Wildman–Crippen MR) is 69.9 cm³/mol. The van der Waals surface area contributed by atoms with Crippen LogP contribution in [0.5, 0.6) is 0 Å². The molecule has 0 radical (unpaired) electrons. The van der Waals surface area contributed by atoms with Crippen LogP contribution in [-0.4, -0.2) is 18.1 Å². The first-order chi connectivity index (χ1) is 8.09. The Morgan fingerprint density at radius 2 is 2.06 bits per heavy atom. The summed E-state index contributed by atoms with van der Waals surface area (Å²) in [6.07, 6.45) is 2.26. The second-order valence-electron chi connectivity index (χ2n) is 5.33. The maximum atomic E-state index is 8.74. The van der Waals surface area contributed by atoms with Crippen LogP contribution in [0.2, 0.25) is 0 Å². The quantitative estimate of drug-likeness (QED) is 0.819. The van der Waals surface area contributed by atoms with E-state index in [0.717, 1.165) is 25.1 Å². The lowest BCUT2D eigenvalue weighted by Gasteiger charge is -2.37. The summed E-state index contributed by atoms with van der Waals surface area (Å²) in [5, 5.41) is 15.8. The Kier molecular flexibility index (Phi) is 3.35. The molecule has 2 rings (SSSR count). The summed E-state index contributed by atoms with van der Waals surface area (Å²) in [5.41, 5.74) is 2.02. The fourth-order valence-corrected chi connectivity index (χ4v) is 2.37. The number of nitriles is 1. The van der Waals surface area contributed by atoms with E-state index in [1.54, 1.807) is 0 Å². The Morgan fingerprint density at radius 1 is 1.35 bits per heavy atom. The van der Waals surface area contributed by atoms with Gasteiger partial charge in [-0.1, -0.05) is 0 Å². The summed E-state index contributed by atoms with van der Waals surface area (Å²) < 4.78 is 0. The van der Waals surface area contributed by atoms with Crippen LogP contribution in [-0.2, 0) is 0 Å². The van der Waals surface area contributed by atoms with Crippen molar-refractivity contribution in [2.45, 2.75) is 38.3 Å². The van der Waals surface area contributed by atoms with Gasteiger partial charge in [-0.25, -0.2) is 0 Å². The van der Waals surface area contributed by atoms with Crippen molar-refractivity contribution in [1.29, 1.82) is 5.26 Å². The van der Waals surface area contributed by atoms with Gasteiger partial charge in [-0.05, 0) is 57.5 Å². The van der Waals surface area contributed by atoms with E-state index in [9.17, 15) is 0 Å². The first-order valence-electron chi connectivity index (χ1n) is 6.11. The molecule has 0 saturated carbocycles. The van der Waals surface area contributed by atoms with Gasteiger partial charge in [-0.15, -0.1) is 0 Å². The number of hydrogen-bond donors (Lipinski definition) is 2. The third-order valence-corrected chi connectivity index (χ3v) is 3.24. The normalized spacial score (nSPS) is 22.8. The average molecular weight is 229 g/mol. The highest BCUT2D eigenvalue weighted by atomic mass is 15.0. The zero-order valence-electron chi connectivity index (χ0n) is 10.5. The number of nitrogens with one attached hydrogen (secondary N) is 2. The van der Waals surface area contributed by atoms with Gasteiger partial charge in [0.05, 0.1) is 11.6 Å². The molecule has 0 aliphatic carbocycles. The molecule has 90 valence electrons. The minimum atomic E-state index is 0.211. The van der Waals surface area contributed by atoms with E-state index in [-0.39, 0.29) is 5.54 Å². The summed E-state index contributed by atoms with van der Waals surface area (Å²) in [6, 6.07) is 10.3. The lowest BCUT2D eigenvalue weighted by atomic mass is 9.89. The molecule has 2 N–H and O–H groups in total. The molecule has 1 aliphatic heterocycles. The fraction of sp³-hybridized carbons (Fsp3) is 0.500. The van der Waals surface area contributed by atoms with Crippen LogP contribution >= 0.6 is 0 Å². The number of rotatable bonds is 2. The molecule has 0 spiro atoms. The predicted octanol–water partition coefficient (Wildman–Crippen LogP) is 2.50. The van der Waals surface area contributed by atoms with Crippen molar-refractivity contribution in [2.24, 2.45) is 0 Å². The number of piperidine rings is 1. The maximum Gasteiger partial charge on any atom is 0.0991 e. The summed E-state index contributed by atoms with van der Waals surface area (Å²) >= 11 is 0. The fourth-order valence-electron chi connectivity index (χ4n) is 2.37. The van der Waals surface area contributed by atoms with Crippen molar-refractivity contribution < 1.29 is 0 Å². The average Bonchev–Trinajstić information content (AvgIpc) is 2.29. The molecule has 0 aromatic heterocycles. The Hall–Kier alpha value is -1.53. The van der Waals surface area contributed by atoms with E-state index >= 15 is 0 Å². The van der Waals surface area contributed by atoms with E-state index in [1.165, 1.54) is 0 Å². The van der Waals surface area contributed by atoms with Crippen molar-refractivity contribution in [2.75, 3.05) is 11.9 Å². The molecular weight excluding hydrogens is 210 g/mol. The van der Waals surface area contributed by atoms with Gasteiger partial charge in [0.1, 0.15) is 0 Å². The largest absolute Gasteiger partial charge is 0.382 e. The van der Waals surface area contributed by atoms with Crippen molar-refractivity contribution in [1.82, 2.24) is 5.32 Å². The summed E-state index contributed by atoms with van der Waals surface area (Å²) in [5.74, 6) is 0. The van der Waals surface area contributed by atoms with E-state index in [0.29, 0.717) is 11.6 Å².